The fraction of sp³-hybridized carbons (Fsp3) is 0.588. The van der Waals surface area contributed by atoms with Crippen LogP contribution in [-0.4, -0.2) is 23.7 Å². The lowest BCUT2D eigenvalue weighted by atomic mass is 10.1. The SMILES string of the molecule is Cc1ccc(OC(C)C(=O)NCCC(C)C)c([C@H](C)O)c1. The number of aliphatic hydroxyl groups excluding tert-OH is 1. The molecule has 1 aromatic rings. The molecule has 2 atom stereocenters. The van der Waals surface area contributed by atoms with Crippen molar-refractivity contribution >= 4 is 5.91 Å². The Morgan fingerprint density at radius 2 is 1.95 bits per heavy atom. The molecule has 21 heavy (non-hydrogen) atoms. The monoisotopic (exact) mass is 293 g/mol. The molecule has 1 rings (SSSR count). The van der Waals surface area contributed by atoms with Crippen molar-refractivity contribution < 1.29 is 14.6 Å². The van der Waals surface area contributed by atoms with Crippen LogP contribution in [0.15, 0.2) is 18.2 Å². The van der Waals surface area contributed by atoms with Crippen LogP contribution < -0.4 is 10.1 Å². The molecule has 0 spiro atoms. The van der Waals surface area contributed by atoms with Crippen molar-refractivity contribution in [2.24, 2.45) is 5.92 Å². The molecular formula is C17H27NO3. The third-order valence-corrected chi connectivity index (χ3v) is 3.31. The number of carbonyl (C=O) groups excluding carboxylic acids is 1. The molecule has 0 aliphatic carbocycles. The first-order valence-corrected chi connectivity index (χ1v) is 7.54. The minimum Gasteiger partial charge on any atom is -0.481 e. The maximum atomic E-state index is 12.0. The summed E-state index contributed by atoms with van der Waals surface area (Å²) in [5.41, 5.74) is 1.75. The van der Waals surface area contributed by atoms with Gasteiger partial charge in [-0.3, -0.25) is 4.79 Å². The predicted octanol–water partition coefficient (Wildman–Crippen LogP) is 2.98. The van der Waals surface area contributed by atoms with Crippen molar-refractivity contribution in [1.29, 1.82) is 0 Å². The van der Waals surface area contributed by atoms with Gasteiger partial charge in [-0.25, -0.2) is 0 Å². The van der Waals surface area contributed by atoms with Crippen LogP contribution in [0.5, 0.6) is 5.75 Å². The zero-order valence-corrected chi connectivity index (χ0v) is 13.6. The standard InChI is InChI=1S/C17H27NO3/c1-11(2)8-9-18-17(20)14(5)21-16-7-6-12(3)10-15(16)13(4)19/h6-7,10-11,13-14,19H,8-9H2,1-5H3,(H,18,20)/t13-,14?/m0/s1. The first-order chi connectivity index (χ1) is 9.81. The van der Waals surface area contributed by atoms with E-state index in [-0.39, 0.29) is 5.91 Å². The molecule has 0 saturated heterocycles. The molecule has 1 aromatic carbocycles. The van der Waals surface area contributed by atoms with Gasteiger partial charge < -0.3 is 15.2 Å². The Kier molecular flexibility index (Phi) is 6.69. The summed E-state index contributed by atoms with van der Waals surface area (Å²) in [5, 5.41) is 12.7. The Bertz CT molecular complexity index is 469. The van der Waals surface area contributed by atoms with Crippen LogP contribution in [0.2, 0.25) is 0 Å². The molecule has 0 bridgehead atoms. The maximum Gasteiger partial charge on any atom is 0.260 e. The van der Waals surface area contributed by atoms with E-state index >= 15 is 0 Å². The van der Waals surface area contributed by atoms with Gasteiger partial charge in [0.25, 0.3) is 5.91 Å². The first-order valence-electron chi connectivity index (χ1n) is 7.54. The number of rotatable bonds is 7. The molecule has 4 heteroatoms. The summed E-state index contributed by atoms with van der Waals surface area (Å²) in [6.45, 7) is 10.3. The number of amides is 1. The number of hydrogen-bond donors (Lipinski definition) is 2. The van der Waals surface area contributed by atoms with Crippen molar-refractivity contribution in [3.8, 4) is 5.75 Å². The highest BCUT2D eigenvalue weighted by atomic mass is 16.5. The van der Waals surface area contributed by atoms with Crippen molar-refractivity contribution in [3.05, 3.63) is 29.3 Å². The van der Waals surface area contributed by atoms with Crippen LogP contribution in [-0.2, 0) is 4.79 Å². The van der Waals surface area contributed by atoms with Crippen LogP contribution >= 0.6 is 0 Å². The van der Waals surface area contributed by atoms with Gasteiger partial charge in [-0.05, 0) is 45.2 Å². The summed E-state index contributed by atoms with van der Waals surface area (Å²) in [5.74, 6) is 0.982. The molecule has 0 heterocycles. The molecular weight excluding hydrogens is 266 g/mol. The molecule has 118 valence electrons. The van der Waals surface area contributed by atoms with E-state index in [1.807, 2.05) is 19.1 Å². The highest BCUT2D eigenvalue weighted by Gasteiger charge is 2.17. The first kappa shape index (κ1) is 17.5. The Morgan fingerprint density at radius 1 is 1.29 bits per heavy atom. The second-order valence-electron chi connectivity index (χ2n) is 5.95. The molecule has 0 radical (unpaired) electrons. The van der Waals surface area contributed by atoms with Crippen molar-refractivity contribution in [3.63, 3.8) is 0 Å². The lowest BCUT2D eigenvalue weighted by molar-refractivity contribution is -0.127. The van der Waals surface area contributed by atoms with Crippen LogP contribution in [0.3, 0.4) is 0 Å². The molecule has 1 unspecified atom stereocenters. The van der Waals surface area contributed by atoms with E-state index in [1.54, 1.807) is 19.9 Å². The predicted molar refractivity (Wildman–Crippen MR) is 84.4 cm³/mol. The zero-order chi connectivity index (χ0) is 16.0. The van der Waals surface area contributed by atoms with Crippen LogP contribution in [0.25, 0.3) is 0 Å². The third kappa shape index (κ3) is 5.76. The van der Waals surface area contributed by atoms with Crippen molar-refractivity contribution in [2.45, 2.75) is 53.2 Å². The average molecular weight is 293 g/mol. The summed E-state index contributed by atoms with van der Waals surface area (Å²) in [7, 11) is 0. The second kappa shape index (κ2) is 8.03. The van der Waals surface area contributed by atoms with Gasteiger partial charge in [-0.1, -0.05) is 25.5 Å². The maximum absolute atomic E-state index is 12.0. The molecule has 4 nitrogen and oxygen atoms in total. The lowest BCUT2D eigenvalue weighted by Crippen LogP contribution is -2.37. The largest absolute Gasteiger partial charge is 0.481 e. The van der Waals surface area contributed by atoms with Crippen molar-refractivity contribution in [1.82, 2.24) is 5.32 Å². The van der Waals surface area contributed by atoms with E-state index < -0.39 is 12.2 Å². The molecule has 0 saturated carbocycles. The number of aliphatic hydroxyl groups is 1. The molecule has 0 fully saturated rings. The Hall–Kier alpha value is -1.55. The van der Waals surface area contributed by atoms with Gasteiger partial charge in [-0.15, -0.1) is 0 Å². The average Bonchev–Trinajstić information content (AvgIpc) is 2.39. The fourth-order valence-corrected chi connectivity index (χ4v) is 1.97. The van der Waals surface area contributed by atoms with E-state index in [0.29, 0.717) is 23.8 Å². The molecule has 2 N–H and O–H groups in total. The van der Waals surface area contributed by atoms with Crippen molar-refractivity contribution in [2.75, 3.05) is 6.54 Å². The third-order valence-electron chi connectivity index (χ3n) is 3.31. The Morgan fingerprint density at radius 3 is 2.52 bits per heavy atom. The molecule has 1 amide bonds. The van der Waals surface area contributed by atoms with E-state index in [0.717, 1.165) is 12.0 Å². The number of carbonyl (C=O) groups is 1. The quantitative estimate of drug-likeness (QED) is 0.812. The molecule has 0 aliphatic heterocycles. The number of ether oxygens (including phenoxy) is 1. The van der Waals surface area contributed by atoms with Gasteiger partial charge >= 0.3 is 0 Å². The van der Waals surface area contributed by atoms with E-state index in [2.05, 4.69) is 19.2 Å². The number of aryl methyl sites for hydroxylation is 1. The summed E-state index contributed by atoms with van der Waals surface area (Å²) in [6, 6.07) is 5.59. The summed E-state index contributed by atoms with van der Waals surface area (Å²) in [4.78, 5) is 12.0. The second-order valence-corrected chi connectivity index (χ2v) is 5.95. The minimum absolute atomic E-state index is 0.132. The molecule has 0 aromatic heterocycles. The number of benzene rings is 1. The lowest BCUT2D eigenvalue weighted by Gasteiger charge is -2.19. The summed E-state index contributed by atoms with van der Waals surface area (Å²) in [6.07, 6.45) is -0.268. The van der Waals surface area contributed by atoms with Gasteiger partial charge in [0.1, 0.15) is 5.75 Å². The normalized spacial score (nSPS) is 13.9. The van der Waals surface area contributed by atoms with E-state index in [1.165, 1.54) is 0 Å². The van der Waals surface area contributed by atoms with Gasteiger partial charge in [-0.2, -0.15) is 0 Å². The number of hydrogen-bond acceptors (Lipinski definition) is 3. The Labute approximate surface area is 127 Å². The summed E-state index contributed by atoms with van der Waals surface area (Å²) < 4.78 is 5.71. The van der Waals surface area contributed by atoms with Gasteiger partial charge in [0.2, 0.25) is 0 Å². The Balaban J connectivity index is 2.65. The molecule has 0 aliphatic rings. The van der Waals surface area contributed by atoms with Gasteiger partial charge in [0.15, 0.2) is 6.10 Å². The zero-order valence-electron chi connectivity index (χ0n) is 13.6. The highest BCUT2D eigenvalue weighted by molar-refractivity contribution is 5.80. The highest BCUT2D eigenvalue weighted by Crippen LogP contribution is 2.27. The minimum atomic E-state index is -0.629. The van der Waals surface area contributed by atoms with Gasteiger partial charge in [0, 0.05) is 12.1 Å². The van der Waals surface area contributed by atoms with E-state index in [4.69, 9.17) is 4.74 Å². The van der Waals surface area contributed by atoms with Crippen LogP contribution in [0.4, 0.5) is 0 Å². The van der Waals surface area contributed by atoms with Gasteiger partial charge in [0.05, 0.1) is 6.10 Å². The van der Waals surface area contributed by atoms with Crippen LogP contribution in [0, 0.1) is 12.8 Å². The van der Waals surface area contributed by atoms with E-state index in [9.17, 15) is 9.90 Å². The topological polar surface area (TPSA) is 58.6 Å². The number of nitrogens with one attached hydrogen (secondary N) is 1. The smallest absolute Gasteiger partial charge is 0.260 e. The summed E-state index contributed by atoms with van der Waals surface area (Å²) >= 11 is 0. The fourth-order valence-electron chi connectivity index (χ4n) is 1.97. The van der Waals surface area contributed by atoms with Crippen LogP contribution in [0.1, 0.15) is 51.3 Å².